The number of likely N-dealkylation sites (tertiary alicyclic amines) is 1. The first-order valence-corrected chi connectivity index (χ1v) is 10.1. The Kier molecular flexibility index (Phi) is 9.97. The second-order valence-electron chi connectivity index (χ2n) is 7.10. The van der Waals surface area contributed by atoms with Crippen LogP contribution in [0, 0.1) is 0 Å². The van der Waals surface area contributed by atoms with Gasteiger partial charge in [-0.1, -0.05) is 60.7 Å². The predicted octanol–water partition coefficient (Wildman–Crippen LogP) is 3.42. The fourth-order valence-electron chi connectivity index (χ4n) is 3.57. The van der Waals surface area contributed by atoms with E-state index in [-0.39, 0.29) is 36.4 Å². The van der Waals surface area contributed by atoms with Gasteiger partial charge in [-0.3, -0.25) is 4.79 Å². The number of guanidine groups is 1. The van der Waals surface area contributed by atoms with Gasteiger partial charge in [0, 0.05) is 32.1 Å². The first-order valence-electron chi connectivity index (χ1n) is 10.1. The van der Waals surface area contributed by atoms with Gasteiger partial charge in [-0.25, -0.2) is 4.99 Å². The van der Waals surface area contributed by atoms with E-state index in [1.165, 1.54) is 11.1 Å². The Balaban J connectivity index is 0.00000300. The van der Waals surface area contributed by atoms with Crippen molar-refractivity contribution in [3.8, 4) is 0 Å². The lowest BCUT2D eigenvalue weighted by Crippen LogP contribution is -2.41. The van der Waals surface area contributed by atoms with E-state index in [2.05, 4.69) is 69.9 Å². The molecule has 0 radical (unpaired) electrons. The zero-order valence-corrected chi connectivity index (χ0v) is 19.3. The van der Waals surface area contributed by atoms with Crippen LogP contribution in [0.2, 0.25) is 0 Å². The largest absolute Gasteiger partial charge is 0.357 e. The zero-order chi connectivity index (χ0) is 19.6. The average Bonchev–Trinajstić information content (AvgIpc) is 3.23. The molecule has 0 saturated carbocycles. The lowest BCUT2D eigenvalue weighted by Gasteiger charge is -2.21. The van der Waals surface area contributed by atoms with Gasteiger partial charge in [0.1, 0.15) is 6.54 Å². The standard InChI is InChI=1S/C23H30N4O.HI/c1-2-24-23(27-16-14-21(18-27)20-11-7-4-8-12-20)26-17-22(28)25-15-13-19-9-5-3-6-10-19;/h3-12,21H,2,13-18H2,1H3,(H,24,26)(H,25,28);1H. The summed E-state index contributed by atoms with van der Waals surface area (Å²) in [7, 11) is 0. The van der Waals surface area contributed by atoms with Crippen LogP contribution in [0.3, 0.4) is 0 Å². The van der Waals surface area contributed by atoms with Crippen molar-refractivity contribution in [3.05, 3.63) is 71.8 Å². The summed E-state index contributed by atoms with van der Waals surface area (Å²) >= 11 is 0. The van der Waals surface area contributed by atoms with Crippen LogP contribution in [0.5, 0.6) is 0 Å². The summed E-state index contributed by atoms with van der Waals surface area (Å²) in [5.41, 5.74) is 2.60. The molecule has 1 fully saturated rings. The maximum atomic E-state index is 12.2. The Morgan fingerprint density at radius 2 is 1.76 bits per heavy atom. The smallest absolute Gasteiger partial charge is 0.241 e. The maximum Gasteiger partial charge on any atom is 0.241 e. The van der Waals surface area contributed by atoms with Crippen LogP contribution >= 0.6 is 24.0 Å². The van der Waals surface area contributed by atoms with Gasteiger partial charge < -0.3 is 15.5 Å². The van der Waals surface area contributed by atoms with E-state index in [4.69, 9.17) is 0 Å². The lowest BCUT2D eigenvalue weighted by atomic mass is 9.99. The van der Waals surface area contributed by atoms with Gasteiger partial charge in [-0.05, 0) is 30.9 Å². The summed E-state index contributed by atoms with van der Waals surface area (Å²) in [4.78, 5) is 19.0. The number of nitrogens with one attached hydrogen (secondary N) is 2. The molecule has 6 heteroatoms. The number of carbonyl (C=O) groups is 1. The molecule has 0 aliphatic carbocycles. The summed E-state index contributed by atoms with van der Waals surface area (Å²) < 4.78 is 0. The van der Waals surface area contributed by atoms with Crippen molar-refractivity contribution >= 4 is 35.8 Å². The highest BCUT2D eigenvalue weighted by atomic mass is 127. The Morgan fingerprint density at radius 3 is 2.45 bits per heavy atom. The molecule has 2 aromatic rings. The minimum absolute atomic E-state index is 0. The van der Waals surface area contributed by atoms with Gasteiger partial charge in [-0.15, -0.1) is 24.0 Å². The molecular formula is C23H31IN4O. The van der Waals surface area contributed by atoms with Crippen molar-refractivity contribution in [2.45, 2.75) is 25.7 Å². The normalized spacial score (nSPS) is 16.2. The van der Waals surface area contributed by atoms with Crippen molar-refractivity contribution in [2.24, 2.45) is 4.99 Å². The fourth-order valence-corrected chi connectivity index (χ4v) is 3.57. The van der Waals surface area contributed by atoms with Crippen LogP contribution in [-0.2, 0) is 11.2 Å². The maximum absolute atomic E-state index is 12.2. The highest BCUT2D eigenvalue weighted by Gasteiger charge is 2.25. The average molecular weight is 506 g/mol. The molecule has 2 N–H and O–H groups in total. The Bertz CT molecular complexity index is 767. The Hall–Kier alpha value is -2.09. The summed E-state index contributed by atoms with van der Waals surface area (Å²) in [6.07, 6.45) is 1.94. The molecule has 3 rings (SSSR count). The van der Waals surface area contributed by atoms with Crippen LogP contribution in [0.25, 0.3) is 0 Å². The highest BCUT2D eigenvalue weighted by molar-refractivity contribution is 14.0. The van der Waals surface area contributed by atoms with E-state index >= 15 is 0 Å². The van der Waals surface area contributed by atoms with Crippen LogP contribution in [0.15, 0.2) is 65.7 Å². The number of halogens is 1. The molecule has 29 heavy (non-hydrogen) atoms. The molecule has 0 spiro atoms. The second kappa shape index (κ2) is 12.5. The third-order valence-corrected chi connectivity index (χ3v) is 5.04. The molecule has 0 aromatic heterocycles. The van der Waals surface area contributed by atoms with Crippen LogP contribution in [-0.4, -0.2) is 49.5 Å². The van der Waals surface area contributed by atoms with Gasteiger partial charge in [-0.2, -0.15) is 0 Å². The monoisotopic (exact) mass is 506 g/mol. The Labute approximate surface area is 191 Å². The van der Waals surface area contributed by atoms with Crippen LogP contribution in [0.4, 0.5) is 0 Å². The molecule has 1 unspecified atom stereocenters. The molecule has 0 bridgehead atoms. The first kappa shape index (κ1) is 23.2. The Morgan fingerprint density at radius 1 is 1.07 bits per heavy atom. The lowest BCUT2D eigenvalue weighted by molar-refractivity contribution is -0.119. The van der Waals surface area contributed by atoms with Crippen molar-refractivity contribution in [1.29, 1.82) is 0 Å². The van der Waals surface area contributed by atoms with Gasteiger partial charge in [0.25, 0.3) is 0 Å². The quantitative estimate of drug-likeness (QED) is 0.344. The van der Waals surface area contributed by atoms with E-state index in [0.717, 1.165) is 38.4 Å². The van der Waals surface area contributed by atoms with E-state index in [1.54, 1.807) is 0 Å². The number of nitrogens with zero attached hydrogens (tertiary/aromatic N) is 2. The van der Waals surface area contributed by atoms with E-state index < -0.39 is 0 Å². The van der Waals surface area contributed by atoms with E-state index in [9.17, 15) is 4.79 Å². The fraction of sp³-hybridized carbons (Fsp3) is 0.391. The second-order valence-corrected chi connectivity index (χ2v) is 7.10. The summed E-state index contributed by atoms with van der Waals surface area (Å²) in [6.45, 7) is 5.53. The number of hydrogen-bond acceptors (Lipinski definition) is 2. The molecule has 5 nitrogen and oxygen atoms in total. The number of rotatable bonds is 7. The number of carbonyl (C=O) groups excluding carboxylic acids is 1. The topological polar surface area (TPSA) is 56.7 Å². The summed E-state index contributed by atoms with van der Waals surface area (Å²) in [6, 6.07) is 20.8. The van der Waals surface area contributed by atoms with E-state index in [0.29, 0.717) is 12.5 Å². The minimum atomic E-state index is -0.0369. The first-order chi connectivity index (χ1) is 13.8. The van der Waals surface area contributed by atoms with Crippen LogP contribution in [0.1, 0.15) is 30.4 Å². The van der Waals surface area contributed by atoms with Crippen molar-refractivity contribution in [3.63, 3.8) is 0 Å². The van der Waals surface area contributed by atoms with Gasteiger partial charge in [0.15, 0.2) is 5.96 Å². The number of benzene rings is 2. The van der Waals surface area contributed by atoms with Gasteiger partial charge in [0.05, 0.1) is 0 Å². The van der Waals surface area contributed by atoms with E-state index in [1.807, 2.05) is 18.2 Å². The van der Waals surface area contributed by atoms with Crippen molar-refractivity contribution in [2.75, 3.05) is 32.7 Å². The molecular weight excluding hydrogens is 475 g/mol. The third-order valence-electron chi connectivity index (χ3n) is 5.04. The minimum Gasteiger partial charge on any atom is -0.357 e. The number of aliphatic imine (C=N–C) groups is 1. The van der Waals surface area contributed by atoms with Crippen LogP contribution < -0.4 is 10.6 Å². The summed E-state index contributed by atoms with van der Waals surface area (Å²) in [5, 5.41) is 6.29. The molecule has 2 aromatic carbocycles. The summed E-state index contributed by atoms with van der Waals surface area (Å²) in [5.74, 6) is 1.31. The molecule has 1 saturated heterocycles. The van der Waals surface area contributed by atoms with Gasteiger partial charge >= 0.3 is 0 Å². The molecule has 1 aliphatic heterocycles. The predicted molar refractivity (Wildman–Crippen MR) is 130 cm³/mol. The third kappa shape index (κ3) is 7.34. The molecule has 1 amide bonds. The van der Waals surface area contributed by atoms with Crippen molar-refractivity contribution in [1.82, 2.24) is 15.5 Å². The molecule has 156 valence electrons. The van der Waals surface area contributed by atoms with Crippen molar-refractivity contribution < 1.29 is 4.79 Å². The highest BCUT2D eigenvalue weighted by Crippen LogP contribution is 2.26. The SMILES string of the molecule is CCNC(=NCC(=O)NCCc1ccccc1)N1CCC(c2ccccc2)C1.I. The number of hydrogen-bond donors (Lipinski definition) is 2. The molecule has 1 heterocycles. The zero-order valence-electron chi connectivity index (χ0n) is 17.0. The molecule has 1 aliphatic rings. The van der Waals surface area contributed by atoms with Gasteiger partial charge in [0.2, 0.25) is 5.91 Å². The number of amides is 1. The molecule has 1 atom stereocenters.